The van der Waals surface area contributed by atoms with Gasteiger partial charge in [-0.1, -0.05) is 6.92 Å². The number of carbonyl (C=O) groups excluding carboxylic acids is 1. The second-order valence-electron chi connectivity index (χ2n) is 1.83. The van der Waals surface area contributed by atoms with Crippen molar-refractivity contribution in [1.29, 1.82) is 0 Å². The van der Waals surface area contributed by atoms with Gasteiger partial charge in [0.2, 0.25) is 0 Å². The number of carbonyl (C=O) groups is 1. The van der Waals surface area contributed by atoms with Crippen LogP contribution in [0.1, 0.15) is 27.2 Å². The molecule has 0 aliphatic heterocycles. The van der Waals surface area contributed by atoms with Crippen LogP contribution in [0.3, 0.4) is 0 Å². The first-order valence-corrected chi connectivity index (χ1v) is 2.84. The van der Waals surface area contributed by atoms with Gasteiger partial charge in [0, 0.05) is 24.0 Å². The first-order valence-electron chi connectivity index (χ1n) is 2.84. The summed E-state index contributed by atoms with van der Waals surface area (Å²) in [6.07, 6.45) is 0.965. The van der Waals surface area contributed by atoms with E-state index in [2.05, 4.69) is 0 Å². The normalized spacial score (nSPS) is 11.4. The Kier molecular flexibility index (Phi) is 7.98. The van der Waals surface area contributed by atoms with E-state index < -0.39 is 0 Å². The third-order valence-corrected chi connectivity index (χ3v) is 0.942. The molecule has 0 radical (unpaired) electrons. The smallest absolute Gasteiger partial charge is 0.302 e. The van der Waals surface area contributed by atoms with Gasteiger partial charge in [-0.05, 0) is 13.3 Å². The maximum atomic E-state index is 10.2. The summed E-state index contributed by atoms with van der Waals surface area (Å²) >= 11 is 0. The summed E-state index contributed by atoms with van der Waals surface area (Å²) in [7, 11) is 0. The predicted octanol–water partition coefficient (Wildman–Crippen LogP) is 1.35. The van der Waals surface area contributed by atoms with Crippen molar-refractivity contribution in [3.05, 3.63) is 0 Å². The van der Waals surface area contributed by atoms with E-state index in [1.165, 1.54) is 6.92 Å². The Hall–Kier alpha value is -0.0105. The van der Waals surface area contributed by atoms with Gasteiger partial charge < -0.3 is 4.74 Å². The second-order valence-corrected chi connectivity index (χ2v) is 1.83. The Morgan fingerprint density at radius 1 is 1.67 bits per heavy atom. The van der Waals surface area contributed by atoms with Gasteiger partial charge in [-0.25, -0.2) is 0 Å². The average molecular weight is 172 g/mol. The summed E-state index contributed by atoms with van der Waals surface area (Å²) in [6, 6.07) is 0. The van der Waals surface area contributed by atoms with E-state index >= 15 is 0 Å². The van der Waals surface area contributed by atoms with Crippen molar-refractivity contribution in [2.45, 2.75) is 33.3 Å². The van der Waals surface area contributed by atoms with E-state index in [0.29, 0.717) is 0 Å². The zero-order valence-electron chi connectivity index (χ0n) is 5.95. The molecule has 0 fully saturated rings. The van der Waals surface area contributed by atoms with Gasteiger partial charge >= 0.3 is 5.97 Å². The summed E-state index contributed by atoms with van der Waals surface area (Å²) in [5.74, 6) is -0.195. The van der Waals surface area contributed by atoms with Crippen LogP contribution in [-0.2, 0) is 26.6 Å². The van der Waals surface area contributed by atoms with Gasteiger partial charge in [0.15, 0.2) is 0 Å². The van der Waals surface area contributed by atoms with Crippen molar-refractivity contribution in [3.8, 4) is 0 Å². The molecular weight excluding hydrogens is 160 g/mol. The Balaban J connectivity index is 0. The molecule has 56 valence electrons. The van der Waals surface area contributed by atoms with E-state index in [4.69, 9.17) is 4.74 Å². The van der Waals surface area contributed by atoms with Crippen LogP contribution in [0.5, 0.6) is 0 Å². The molecule has 1 atom stereocenters. The molecule has 1 unspecified atom stereocenters. The van der Waals surface area contributed by atoms with Crippen LogP contribution in [0.25, 0.3) is 0 Å². The summed E-state index contributed by atoms with van der Waals surface area (Å²) in [5.41, 5.74) is 0. The molecule has 3 heteroatoms. The molecule has 0 aromatic carbocycles. The van der Waals surface area contributed by atoms with Crippen molar-refractivity contribution in [1.82, 2.24) is 0 Å². The zero-order chi connectivity index (χ0) is 6.57. The molecule has 0 aliphatic rings. The molecular formula is C6H12FeO2. The fourth-order valence-electron chi connectivity index (χ4n) is 0.367. The van der Waals surface area contributed by atoms with Crippen molar-refractivity contribution in [2.24, 2.45) is 0 Å². The number of hydrogen-bond donors (Lipinski definition) is 0. The quantitative estimate of drug-likeness (QED) is 0.464. The molecule has 0 aromatic rings. The molecule has 0 saturated carbocycles. The molecule has 2 nitrogen and oxygen atoms in total. The SMILES string of the molecule is CCC(C)OC(C)=O.[Fe]. The van der Waals surface area contributed by atoms with E-state index in [9.17, 15) is 4.79 Å². The molecule has 0 aliphatic carbocycles. The molecule has 0 aromatic heterocycles. The Morgan fingerprint density at radius 2 is 2.11 bits per heavy atom. The van der Waals surface area contributed by atoms with Gasteiger partial charge in [-0.2, -0.15) is 0 Å². The summed E-state index contributed by atoms with van der Waals surface area (Å²) in [4.78, 5) is 10.2. The van der Waals surface area contributed by atoms with Crippen molar-refractivity contribution in [2.75, 3.05) is 0 Å². The fraction of sp³-hybridized carbons (Fsp3) is 0.833. The maximum absolute atomic E-state index is 10.2. The van der Waals surface area contributed by atoms with Gasteiger partial charge in [0.25, 0.3) is 0 Å². The van der Waals surface area contributed by atoms with Crippen LogP contribution in [0, 0.1) is 0 Å². The number of hydrogen-bond acceptors (Lipinski definition) is 2. The van der Waals surface area contributed by atoms with Gasteiger partial charge in [-0.3, -0.25) is 4.79 Å². The van der Waals surface area contributed by atoms with Crippen molar-refractivity contribution < 1.29 is 26.6 Å². The Labute approximate surface area is 66.4 Å². The summed E-state index contributed by atoms with van der Waals surface area (Å²) < 4.78 is 4.76. The fourth-order valence-corrected chi connectivity index (χ4v) is 0.367. The maximum Gasteiger partial charge on any atom is 0.302 e. The molecule has 0 bridgehead atoms. The minimum atomic E-state index is -0.195. The van der Waals surface area contributed by atoms with Crippen LogP contribution in [0.15, 0.2) is 0 Å². The second kappa shape index (κ2) is 6.11. The number of rotatable bonds is 2. The van der Waals surface area contributed by atoms with Crippen LogP contribution in [-0.4, -0.2) is 12.1 Å². The molecule has 0 amide bonds. The standard InChI is InChI=1S/C6H12O2.Fe/c1-4-5(2)8-6(3)7;/h5H,4H2,1-3H3;. The number of ether oxygens (including phenoxy) is 1. The molecule has 0 spiro atoms. The van der Waals surface area contributed by atoms with E-state index in [0.717, 1.165) is 6.42 Å². The third kappa shape index (κ3) is 7.99. The van der Waals surface area contributed by atoms with E-state index in [1.54, 1.807) is 0 Å². The first kappa shape index (κ1) is 11.7. The minimum Gasteiger partial charge on any atom is -0.463 e. The molecule has 0 N–H and O–H groups in total. The van der Waals surface area contributed by atoms with Gasteiger partial charge in [0.1, 0.15) is 0 Å². The largest absolute Gasteiger partial charge is 0.463 e. The minimum absolute atomic E-state index is 0. The monoisotopic (exact) mass is 172 g/mol. The Bertz CT molecular complexity index is 83.1. The van der Waals surface area contributed by atoms with Crippen molar-refractivity contribution in [3.63, 3.8) is 0 Å². The van der Waals surface area contributed by atoms with Crippen LogP contribution in [0.4, 0.5) is 0 Å². The number of esters is 1. The van der Waals surface area contributed by atoms with Crippen molar-refractivity contribution >= 4 is 5.97 Å². The van der Waals surface area contributed by atoms with Crippen LogP contribution < -0.4 is 0 Å². The van der Waals surface area contributed by atoms with Gasteiger partial charge in [0.05, 0.1) is 6.10 Å². The molecule has 0 saturated heterocycles. The van der Waals surface area contributed by atoms with Crippen LogP contribution in [0.2, 0.25) is 0 Å². The van der Waals surface area contributed by atoms with E-state index in [-0.39, 0.29) is 29.1 Å². The molecule has 9 heavy (non-hydrogen) atoms. The van der Waals surface area contributed by atoms with Gasteiger partial charge in [-0.15, -0.1) is 0 Å². The predicted molar refractivity (Wildman–Crippen MR) is 31.5 cm³/mol. The average Bonchev–Trinajstić information content (AvgIpc) is 1.65. The van der Waals surface area contributed by atoms with E-state index in [1.807, 2.05) is 13.8 Å². The topological polar surface area (TPSA) is 26.3 Å². The van der Waals surface area contributed by atoms with Crippen LogP contribution >= 0.6 is 0 Å². The molecule has 0 heterocycles. The summed E-state index contributed by atoms with van der Waals surface area (Å²) in [5, 5.41) is 0. The zero-order valence-corrected chi connectivity index (χ0v) is 7.06. The Morgan fingerprint density at radius 3 is 2.22 bits per heavy atom. The first-order chi connectivity index (χ1) is 3.66. The molecule has 0 rings (SSSR count). The summed E-state index contributed by atoms with van der Waals surface area (Å²) in [6.45, 7) is 5.28. The third-order valence-electron chi connectivity index (χ3n) is 0.942.